The molecule has 4 atom stereocenters. The van der Waals surface area contributed by atoms with Crippen molar-refractivity contribution >= 4 is 11.9 Å². The van der Waals surface area contributed by atoms with Gasteiger partial charge in [-0.05, 0) is 0 Å². The van der Waals surface area contributed by atoms with Crippen LogP contribution < -0.4 is 5.69 Å². The molecule has 19 heavy (non-hydrogen) atoms. The van der Waals surface area contributed by atoms with Crippen LogP contribution >= 0.6 is 0 Å². The van der Waals surface area contributed by atoms with Crippen molar-refractivity contribution < 1.29 is 24.9 Å². The van der Waals surface area contributed by atoms with E-state index in [1.54, 1.807) is 0 Å². The molecule has 1 fully saturated rings. The summed E-state index contributed by atoms with van der Waals surface area (Å²) >= 11 is 0. The smallest absolute Gasteiger partial charge is 0.351 e. The zero-order valence-corrected chi connectivity index (χ0v) is 9.58. The van der Waals surface area contributed by atoms with Gasteiger partial charge in [0, 0.05) is 12.3 Å². The van der Waals surface area contributed by atoms with Crippen molar-refractivity contribution in [3.63, 3.8) is 0 Å². The molecule has 9 heteroatoms. The van der Waals surface area contributed by atoms with Crippen LogP contribution in [-0.4, -0.2) is 55.9 Å². The van der Waals surface area contributed by atoms with Crippen molar-refractivity contribution in [3.05, 3.63) is 22.7 Å². The molecule has 0 radical (unpaired) electrons. The van der Waals surface area contributed by atoms with E-state index in [-0.39, 0.29) is 5.82 Å². The van der Waals surface area contributed by atoms with Crippen molar-refractivity contribution in [1.82, 2.24) is 9.55 Å². The van der Waals surface area contributed by atoms with Gasteiger partial charge in [-0.25, -0.2) is 9.59 Å². The first kappa shape index (κ1) is 13.5. The van der Waals surface area contributed by atoms with E-state index >= 15 is 0 Å². The van der Waals surface area contributed by atoms with Gasteiger partial charge in [0.25, 0.3) is 0 Å². The van der Waals surface area contributed by atoms with Gasteiger partial charge in [0.05, 0.1) is 6.61 Å². The molecular weight excluding hydrogens is 258 g/mol. The van der Waals surface area contributed by atoms with Gasteiger partial charge in [0.15, 0.2) is 12.0 Å². The predicted octanol–water partition coefficient (Wildman–Crippen LogP) is -2.18. The zero-order valence-electron chi connectivity index (χ0n) is 9.58. The molecule has 3 N–H and O–H groups in total. The molecule has 102 valence electrons. The summed E-state index contributed by atoms with van der Waals surface area (Å²) < 4.78 is 6.10. The van der Waals surface area contributed by atoms with Crippen LogP contribution in [0.25, 0.3) is 0 Å². The molecule has 0 unspecified atom stereocenters. The van der Waals surface area contributed by atoms with E-state index in [4.69, 9.17) is 9.84 Å². The number of isocyanates is 1. The number of aliphatic hydroxyl groups is 3. The average Bonchev–Trinajstić information content (AvgIpc) is 2.67. The summed E-state index contributed by atoms with van der Waals surface area (Å²) in [5, 5.41) is 28.3. The first-order valence-corrected chi connectivity index (χ1v) is 5.38. The van der Waals surface area contributed by atoms with Crippen LogP contribution in [0.4, 0.5) is 5.82 Å². The molecule has 0 saturated carbocycles. The highest BCUT2D eigenvalue weighted by molar-refractivity contribution is 5.43. The van der Waals surface area contributed by atoms with Crippen molar-refractivity contribution in [1.29, 1.82) is 0 Å². The van der Waals surface area contributed by atoms with E-state index in [1.807, 2.05) is 0 Å². The number of nitrogens with zero attached hydrogens (tertiary/aromatic N) is 3. The molecule has 2 heterocycles. The number of aliphatic imine (C=N–C) groups is 1. The maximum atomic E-state index is 11.7. The minimum atomic E-state index is -1.38. The van der Waals surface area contributed by atoms with Gasteiger partial charge in [0.1, 0.15) is 18.3 Å². The van der Waals surface area contributed by atoms with Crippen molar-refractivity contribution in [2.24, 2.45) is 4.99 Å². The van der Waals surface area contributed by atoms with E-state index in [0.717, 1.165) is 4.57 Å². The molecule has 1 saturated heterocycles. The number of ether oxygens (including phenoxy) is 1. The second kappa shape index (κ2) is 5.39. The van der Waals surface area contributed by atoms with Gasteiger partial charge in [-0.1, -0.05) is 0 Å². The van der Waals surface area contributed by atoms with E-state index in [1.165, 1.54) is 18.3 Å². The van der Waals surface area contributed by atoms with Gasteiger partial charge < -0.3 is 20.1 Å². The molecule has 0 aliphatic carbocycles. The first-order chi connectivity index (χ1) is 9.08. The third kappa shape index (κ3) is 2.46. The number of rotatable bonds is 3. The maximum Gasteiger partial charge on any atom is 0.351 e. The standard InChI is InChI=1S/C10H11N3O6/c14-3-5-7(16)8(17)9(19-5)13-2-1-6(11-4-15)12-10(13)18/h1-2,5,7-9,14,16-17H,3H2/t5-,7-,8+,9-/m1/s1. The van der Waals surface area contributed by atoms with Gasteiger partial charge in [-0.3, -0.25) is 4.57 Å². The monoisotopic (exact) mass is 269 g/mol. The molecule has 0 amide bonds. The lowest BCUT2D eigenvalue weighted by Gasteiger charge is -2.16. The molecule has 9 nitrogen and oxygen atoms in total. The number of carbonyl (C=O) groups excluding carboxylic acids is 1. The second-order valence-corrected chi connectivity index (χ2v) is 3.91. The highest BCUT2D eigenvalue weighted by atomic mass is 16.6. The Labute approximate surface area is 106 Å². The topological polar surface area (TPSA) is 134 Å². The highest BCUT2D eigenvalue weighted by Crippen LogP contribution is 2.28. The average molecular weight is 269 g/mol. The van der Waals surface area contributed by atoms with Crippen LogP contribution in [0.15, 0.2) is 22.1 Å². The quantitative estimate of drug-likeness (QED) is 0.419. The summed E-state index contributed by atoms with van der Waals surface area (Å²) in [4.78, 5) is 28.4. The van der Waals surface area contributed by atoms with E-state index < -0.39 is 36.8 Å². The number of hydrogen-bond acceptors (Lipinski definition) is 8. The summed E-state index contributed by atoms with van der Waals surface area (Å²) in [7, 11) is 0. The summed E-state index contributed by atoms with van der Waals surface area (Å²) in [6.07, 6.45) is -2.38. The maximum absolute atomic E-state index is 11.7. The molecule has 1 aromatic rings. The summed E-state index contributed by atoms with van der Waals surface area (Å²) in [6, 6.07) is 1.25. The molecule has 0 bridgehead atoms. The zero-order chi connectivity index (χ0) is 14.0. The Morgan fingerprint density at radius 1 is 1.47 bits per heavy atom. The molecule has 1 aliphatic rings. The van der Waals surface area contributed by atoms with Crippen LogP contribution in [0.2, 0.25) is 0 Å². The van der Waals surface area contributed by atoms with Crippen LogP contribution in [0.3, 0.4) is 0 Å². The number of hydrogen-bond donors (Lipinski definition) is 3. The van der Waals surface area contributed by atoms with E-state index in [9.17, 15) is 19.8 Å². The van der Waals surface area contributed by atoms with E-state index in [2.05, 4.69) is 9.98 Å². The summed E-state index contributed by atoms with van der Waals surface area (Å²) in [5.74, 6) is -0.122. The highest BCUT2D eigenvalue weighted by Gasteiger charge is 2.43. The van der Waals surface area contributed by atoms with Crippen LogP contribution in [-0.2, 0) is 9.53 Å². The Hall–Kier alpha value is -1.90. The van der Waals surface area contributed by atoms with Crippen LogP contribution in [0, 0.1) is 0 Å². The van der Waals surface area contributed by atoms with Crippen LogP contribution in [0.1, 0.15) is 6.23 Å². The van der Waals surface area contributed by atoms with Crippen LogP contribution in [0.5, 0.6) is 0 Å². The molecule has 1 aliphatic heterocycles. The third-order valence-corrected chi connectivity index (χ3v) is 2.77. The van der Waals surface area contributed by atoms with Crippen molar-refractivity contribution in [2.45, 2.75) is 24.5 Å². The Kier molecular flexibility index (Phi) is 3.84. The SMILES string of the molecule is O=C=Nc1ccn([C@@H]2O[C@H](CO)[C@@H](O)[C@@H]2O)c(=O)n1. The number of aromatic nitrogens is 2. The summed E-state index contributed by atoms with van der Waals surface area (Å²) in [6.45, 7) is -0.496. The first-order valence-electron chi connectivity index (χ1n) is 5.38. The minimum Gasteiger partial charge on any atom is -0.394 e. The lowest BCUT2D eigenvalue weighted by atomic mass is 10.1. The predicted molar refractivity (Wildman–Crippen MR) is 59.3 cm³/mol. The van der Waals surface area contributed by atoms with Gasteiger partial charge >= 0.3 is 5.69 Å². The lowest BCUT2D eigenvalue weighted by molar-refractivity contribution is -0.0549. The van der Waals surface area contributed by atoms with Crippen molar-refractivity contribution in [2.75, 3.05) is 6.61 Å². The number of aliphatic hydroxyl groups excluding tert-OH is 3. The van der Waals surface area contributed by atoms with Crippen molar-refractivity contribution in [3.8, 4) is 0 Å². The fourth-order valence-corrected chi connectivity index (χ4v) is 1.82. The van der Waals surface area contributed by atoms with Gasteiger partial charge in [0.2, 0.25) is 6.08 Å². The second-order valence-electron chi connectivity index (χ2n) is 3.91. The molecule has 1 aromatic heterocycles. The summed E-state index contributed by atoms with van der Waals surface area (Å²) in [5.41, 5.74) is -0.814. The molecular formula is C10H11N3O6. The van der Waals surface area contributed by atoms with Gasteiger partial charge in [-0.2, -0.15) is 4.98 Å². The fourth-order valence-electron chi connectivity index (χ4n) is 1.82. The largest absolute Gasteiger partial charge is 0.394 e. The Bertz CT molecular complexity index is 567. The third-order valence-electron chi connectivity index (χ3n) is 2.77. The fraction of sp³-hybridized carbons (Fsp3) is 0.500. The van der Waals surface area contributed by atoms with E-state index in [0.29, 0.717) is 0 Å². The Balaban J connectivity index is 2.33. The molecule has 2 rings (SSSR count). The Morgan fingerprint density at radius 3 is 2.74 bits per heavy atom. The molecule has 0 aromatic carbocycles. The normalized spacial score (nSPS) is 30.1. The van der Waals surface area contributed by atoms with Gasteiger partial charge in [-0.15, -0.1) is 4.99 Å². The molecule has 0 spiro atoms. The Morgan fingerprint density at radius 2 is 2.21 bits per heavy atom. The lowest BCUT2D eigenvalue weighted by Crippen LogP contribution is -2.35. The minimum absolute atomic E-state index is 0.122.